The van der Waals surface area contributed by atoms with E-state index < -0.39 is 12.1 Å². The summed E-state index contributed by atoms with van der Waals surface area (Å²) in [6.07, 6.45) is 2.27. The van der Waals surface area contributed by atoms with E-state index >= 15 is 0 Å². The van der Waals surface area contributed by atoms with E-state index in [4.69, 9.17) is 9.47 Å². The molecule has 1 unspecified atom stereocenters. The third-order valence-corrected chi connectivity index (χ3v) is 6.16. The van der Waals surface area contributed by atoms with Crippen molar-refractivity contribution in [2.45, 2.75) is 6.10 Å². The van der Waals surface area contributed by atoms with Gasteiger partial charge in [-0.05, 0) is 23.8 Å². The first-order valence-electron chi connectivity index (χ1n) is 11.9. The number of carbonyl (C=O) groups excluding carboxylic acids is 2. The van der Waals surface area contributed by atoms with Gasteiger partial charge in [-0.1, -0.05) is 97.1 Å². The van der Waals surface area contributed by atoms with Crippen LogP contribution in [0.3, 0.4) is 0 Å². The van der Waals surface area contributed by atoms with Gasteiger partial charge in [-0.15, -0.1) is 0 Å². The van der Waals surface area contributed by atoms with Gasteiger partial charge in [-0.2, -0.15) is 0 Å². The molecule has 0 aliphatic heterocycles. The maximum atomic E-state index is 13.8. The zero-order valence-electron chi connectivity index (χ0n) is 20.3. The summed E-state index contributed by atoms with van der Waals surface area (Å²) in [4.78, 5) is 30.8. The second-order valence-electron chi connectivity index (χ2n) is 8.47. The Bertz CT molecular complexity index is 1570. The molecule has 182 valence electrons. The smallest absolute Gasteiger partial charge is 0.339 e. The van der Waals surface area contributed by atoms with Gasteiger partial charge in [-0.25, -0.2) is 4.79 Å². The minimum Gasteiger partial charge on any atom is -0.496 e. The van der Waals surface area contributed by atoms with Gasteiger partial charge in [0.05, 0.1) is 12.7 Å². The van der Waals surface area contributed by atoms with E-state index in [-0.39, 0.29) is 5.78 Å². The number of ether oxygens (including phenoxy) is 2. The zero-order valence-corrected chi connectivity index (χ0v) is 20.3. The Morgan fingerprint density at radius 1 is 0.784 bits per heavy atom. The van der Waals surface area contributed by atoms with Crippen LogP contribution in [0, 0.1) is 0 Å². The lowest BCUT2D eigenvalue weighted by atomic mass is 9.98. The van der Waals surface area contributed by atoms with Crippen molar-refractivity contribution in [2.24, 2.45) is 0 Å². The highest BCUT2D eigenvalue weighted by Crippen LogP contribution is 2.31. The first-order valence-corrected chi connectivity index (χ1v) is 11.9. The number of ketones is 1. The number of aromatic amines is 1. The highest BCUT2D eigenvalue weighted by molar-refractivity contribution is 6.22. The van der Waals surface area contributed by atoms with E-state index in [0.717, 1.165) is 16.5 Å². The molecule has 0 aliphatic rings. The Morgan fingerprint density at radius 3 is 2.19 bits per heavy atom. The molecule has 1 atom stereocenters. The second kappa shape index (κ2) is 10.8. The van der Waals surface area contributed by atoms with Crippen molar-refractivity contribution in [1.82, 2.24) is 4.98 Å². The van der Waals surface area contributed by atoms with Gasteiger partial charge >= 0.3 is 5.97 Å². The fourth-order valence-corrected chi connectivity index (χ4v) is 4.31. The SMILES string of the molecule is COc1ccccc1C=C(C(=O)OC(C(=O)c1c[nH]c2ccccc12)c1ccccc1)c1ccccc1. The average molecular weight is 488 g/mol. The number of Topliss-reactive ketones (excluding diaryl/α,β-unsaturated/α-hetero) is 1. The molecule has 5 aromatic rings. The molecule has 1 aromatic heterocycles. The van der Waals surface area contributed by atoms with E-state index in [1.807, 2.05) is 97.1 Å². The molecule has 0 spiro atoms. The van der Waals surface area contributed by atoms with Crippen LogP contribution in [0.2, 0.25) is 0 Å². The van der Waals surface area contributed by atoms with Gasteiger partial charge in [0.2, 0.25) is 5.78 Å². The Hall–Kier alpha value is -4.90. The predicted molar refractivity (Wildman–Crippen MR) is 145 cm³/mol. The van der Waals surface area contributed by atoms with E-state index in [0.29, 0.717) is 28.0 Å². The van der Waals surface area contributed by atoms with Gasteiger partial charge in [-0.3, -0.25) is 4.79 Å². The van der Waals surface area contributed by atoms with Crippen LogP contribution in [-0.4, -0.2) is 23.8 Å². The monoisotopic (exact) mass is 487 g/mol. The van der Waals surface area contributed by atoms with Crippen LogP contribution in [0.25, 0.3) is 22.6 Å². The highest BCUT2D eigenvalue weighted by atomic mass is 16.5. The van der Waals surface area contributed by atoms with Crippen LogP contribution in [-0.2, 0) is 9.53 Å². The largest absolute Gasteiger partial charge is 0.496 e. The normalized spacial score (nSPS) is 12.2. The van der Waals surface area contributed by atoms with Crippen molar-refractivity contribution < 1.29 is 19.1 Å². The summed E-state index contributed by atoms with van der Waals surface area (Å²) in [5.41, 5.74) is 3.61. The summed E-state index contributed by atoms with van der Waals surface area (Å²) in [5, 5.41) is 0.775. The molecule has 0 fully saturated rings. The first kappa shape index (κ1) is 23.8. The van der Waals surface area contributed by atoms with E-state index in [9.17, 15) is 9.59 Å². The molecule has 5 nitrogen and oxygen atoms in total. The standard InChI is InChI=1S/C32H25NO4/c1-36-29-19-11-8-16-24(29)20-26(22-12-4-2-5-13-22)32(35)37-31(23-14-6-3-7-15-23)30(34)27-21-33-28-18-10-9-17-25(27)28/h2-21,31,33H,1H3. The number of esters is 1. The van der Waals surface area contributed by atoms with Gasteiger partial charge in [0.1, 0.15) is 5.75 Å². The van der Waals surface area contributed by atoms with Crippen LogP contribution < -0.4 is 4.74 Å². The van der Waals surface area contributed by atoms with E-state index in [1.165, 1.54) is 0 Å². The minimum absolute atomic E-state index is 0.304. The average Bonchev–Trinajstić information content (AvgIpc) is 3.39. The van der Waals surface area contributed by atoms with Crippen LogP contribution in [0.5, 0.6) is 5.75 Å². The number of rotatable bonds is 8. The number of H-pyrrole nitrogens is 1. The number of hydrogen-bond donors (Lipinski definition) is 1. The zero-order chi connectivity index (χ0) is 25.6. The van der Waals surface area contributed by atoms with Crippen LogP contribution >= 0.6 is 0 Å². The lowest BCUT2D eigenvalue weighted by molar-refractivity contribution is -0.140. The van der Waals surface area contributed by atoms with Crippen LogP contribution in [0.15, 0.2) is 115 Å². The quantitative estimate of drug-likeness (QED) is 0.112. The number of methoxy groups -OCH3 is 1. The summed E-state index contributed by atoms with van der Waals surface area (Å²) in [7, 11) is 1.58. The topological polar surface area (TPSA) is 68.4 Å². The molecule has 0 saturated heterocycles. The molecule has 0 radical (unpaired) electrons. The first-order chi connectivity index (χ1) is 18.2. The lowest BCUT2D eigenvalue weighted by Crippen LogP contribution is -2.21. The van der Waals surface area contributed by atoms with Crippen LogP contribution in [0.1, 0.15) is 33.2 Å². The highest BCUT2D eigenvalue weighted by Gasteiger charge is 2.29. The summed E-state index contributed by atoms with van der Waals surface area (Å²) in [5.74, 6) is -0.293. The molecule has 4 aromatic carbocycles. The fourth-order valence-electron chi connectivity index (χ4n) is 4.31. The summed E-state index contributed by atoms with van der Waals surface area (Å²) < 4.78 is 11.5. The van der Waals surface area contributed by atoms with Crippen molar-refractivity contribution in [2.75, 3.05) is 7.11 Å². The molecule has 0 amide bonds. The molecular formula is C32H25NO4. The molecule has 0 bridgehead atoms. The van der Waals surface area contributed by atoms with Crippen molar-refractivity contribution in [1.29, 1.82) is 0 Å². The molecule has 37 heavy (non-hydrogen) atoms. The molecule has 5 rings (SSSR count). The van der Waals surface area contributed by atoms with Gasteiger partial charge in [0.15, 0.2) is 6.10 Å². The number of nitrogens with one attached hydrogen (secondary N) is 1. The Balaban J connectivity index is 1.57. The third-order valence-electron chi connectivity index (χ3n) is 6.16. The Labute approximate surface area is 215 Å². The van der Waals surface area contributed by atoms with Crippen molar-refractivity contribution in [3.8, 4) is 5.75 Å². The molecule has 0 saturated carbocycles. The third kappa shape index (κ3) is 5.07. The molecule has 1 heterocycles. The fraction of sp³-hybridized carbons (Fsp3) is 0.0625. The van der Waals surface area contributed by atoms with Crippen molar-refractivity contribution in [3.05, 3.63) is 138 Å². The molecule has 1 N–H and O–H groups in total. The maximum Gasteiger partial charge on any atom is 0.339 e. The minimum atomic E-state index is -1.13. The number of hydrogen-bond acceptors (Lipinski definition) is 4. The van der Waals surface area contributed by atoms with Gasteiger partial charge in [0, 0.05) is 33.8 Å². The van der Waals surface area contributed by atoms with Crippen molar-refractivity contribution in [3.63, 3.8) is 0 Å². The number of aromatic nitrogens is 1. The van der Waals surface area contributed by atoms with E-state index in [1.54, 1.807) is 31.5 Å². The summed E-state index contributed by atoms with van der Waals surface area (Å²) in [6.45, 7) is 0. The molecular weight excluding hydrogens is 462 g/mol. The number of fused-ring (bicyclic) bond motifs is 1. The number of benzene rings is 4. The van der Waals surface area contributed by atoms with Crippen molar-refractivity contribution >= 4 is 34.3 Å². The van der Waals surface area contributed by atoms with Crippen LogP contribution in [0.4, 0.5) is 0 Å². The maximum absolute atomic E-state index is 13.8. The summed E-state index contributed by atoms with van der Waals surface area (Å²) in [6, 6.07) is 33.3. The molecule has 0 aliphatic carbocycles. The summed E-state index contributed by atoms with van der Waals surface area (Å²) >= 11 is 0. The predicted octanol–water partition coefficient (Wildman–Crippen LogP) is 6.88. The number of para-hydroxylation sites is 2. The lowest BCUT2D eigenvalue weighted by Gasteiger charge is -2.19. The Kier molecular flexibility index (Phi) is 6.95. The van der Waals surface area contributed by atoms with E-state index in [2.05, 4.69) is 4.98 Å². The van der Waals surface area contributed by atoms with Gasteiger partial charge in [0.25, 0.3) is 0 Å². The molecule has 5 heteroatoms. The number of carbonyl (C=O) groups is 2. The second-order valence-corrected chi connectivity index (χ2v) is 8.47. The Morgan fingerprint density at radius 2 is 1.43 bits per heavy atom. The van der Waals surface area contributed by atoms with Gasteiger partial charge < -0.3 is 14.5 Å².